The molecule has 2 aliphatic heterocycles. The third kappa shape index (κ3) is 19.1. The molecule has 534 valence electrons. The summed E-state index contributed by atoms with van der Waals surface area (Å²) in [6, 6.07) is 59.0. The van der Waals surface area contributed by atoms with Gasteiger partial charge in [-0.2, -0.15) is 0 Å². The van der Waals surface area contributed by atoms with E-state index in [4.69, 9.17) is 11.6 Å². The van der Waals surface area contributed by atoms with Crippen molar-refractivity contribution in [2.24, 2.45) is 0 Å². The van der Waals surface area contributed by atoms with Crippen LogP contribution in [0.1, 0.15) is 135 Å². The molecule has 0 radical (unpaired) electrons. The van der Waals surface area contributed by atoms with Crippen LogP contribution in [0.2, 0.25) is 5.02 Å². The Morgan fingerprint density at radius 2 is 0.701 bits per heavy atom. The molecule has 97 heavy (non-hydrogen) atoms. The standard InChI is InChI=1S/C35H36N2.C21H24ClN.C15H14.I22/c1-23-12-14-28-29-15-13-24(2)21-33(29)36(32(28)20-23)26-18-25(3)19-27(22-26)37-31-11-7-6-10-30(31)34(4)16-8-9-17-35(34,37)5;1-15-12-16(22)14-17(13-15)23-19-9-5-4-8-18(19)20(2)10-6-7-11-21(20,23)3;1-10-3-5-14-12(7-10)9-13-8-11(2)4-6-15(13)14;1-13(2)15(5)17(7)19(9)21(11)22(12)20(10)18(8)16(6)14(3)4/h6-7,10-15,18-22H,8-9,16-17H2,1-5H3;4-5,8-9,12-14H,6-7,10-11H2,1-3H3;3-8H,9H2,1-2H3;. The van der Waals surface area contributed by atoms with E-state index in [9.17, 15) is 0 Å². The Morgan fingerprint density at radius 1 is 0.351 bits per heavy atom. The van der Waals surface area contributed by atoms with Gasteiger partial charge in [0, 0.05) is 55.1 Å². The topological polar surface area (TPSA) is 11.4 Å². The molecule has 1 aromatic heterocycles. The van der Waals surface area contributed by atoms with E-state index >= 15 is 0 Å². The van der Waals surface area contributed by atoms with Crippen molar-refractivity contribution in [3.05, 3.63) is 218 Å². The molecule has 14 rings (SSSR count). The van der Waals surface area contributed by atoms with Crippen LogP contribution in [0.5, 0.6) is 0 Å². The molecule has 3 heterocycles. The summed E-state index contributed by atoms with van der Waals surface area (Å²) in [6.07, 6.45) is 11.3. The number of aromatic nitrogens is 1. The van der Waals surface area contributed by atoms with E-state index in [2.05, 4.69) is 459 Å². The number of para-hydroxylation sites is 2. The molecule has 3 aliphatic carbocycles. The second kappa shape index (κ2) is 38.3. The number of fused-ring (bicyclic) bond motifs is 12. The first-order valence-electron chi connectivity index (χ1n) is 30.9. The molecule has 3 nitrogen and oxygen atoms in total. The van der Waals surface area contributed by atoms with E-state index in [1.165, 1.54) is 168 Å². The Balaban J connectivity index is 0.000000139. The van der Waals surface area contributed by atoms with Crippen LogP contribution in [0.3, 0.4) is 0 Å². The molecule has 8 aromatic carbocycles. The van der Waals surface area contributed by atoms with E-state index in [1.54, 1.807) is 0 Å². The van der Waals surface area contributed by atoms with Crippen LogP contribution in [0.4, 0.5) is 22.7 Å². The van der Waals surface area contributed by atoms with Gasteiger partial charge in [-0.1, -0.05) is 159 Å². The van der Waals surface area contributed by atoms with Gasteiger partial charge in [0.05, 0.1) is 22.1 Å². The summed E-state index contributed by atoms with van der Waals surface area (Å²) in [5, 5.41) is 3.47. The van der Waals surface area contributed by atoms with Crippen LogP contribution in [0, 0.1) is 41.5 Å². The van der Waals surface area contributed by atoms with Gasteiger partial charge in [-0.05, 0) is 204 Å². The molecule has 2 saturated carbocycles. The van der Waals surface area contributed by atoms with Crippen molar-refractivity contribution < 1.29 is 0 Å². The number of hydrogen-bond donors (Lipinski definition) is 0. The van der Waals surface area contributed by atoms with Crippen molar-refractivity contribution in [1.82, 2.24) is 4.57 Å². The molecule has 5 aliphatic rings. The molecule has 0 bridgehead atoms. The van der Waals surface area contributed by atoms with Gasteiger partial charge < -0.3 is 14.4 Å². The third-order valence-corrected chi connectivity index (χ3v) is 1510. The first-order chi connectivity index (χ1) is 45.9. The average Bonchev–Trinajstić information content (AvgIpc) is 1.55. The van der Waals surface area contributed by atoms with Crippen molar-refractivity contribution >= 4 is 358 Å². The van der Waals surface area contributed by atoms with Crippen molar-refractivity contribution in [2.75, 3.05) is 9.80 Å². The molecule has 4 atom stereocenters. The molecule has 0 spiro atoms. The Morgan fingerprint density at radius 3 is 1.11 bits per heavy atom. The van der Waals surface area contributed by atoms with Crippen molar-refractivity contribution in [3.8, 4) is 16.8 Å². The number of nitrogens with zero attached hydrogens (tertiary/aromatic N) is 3. The Kier molecular flexibility index (Phi) is 34.5. The summed E-state index contributed by atoms with van der Waals surface area (Å²) in [7, 11) is -4.20. The molecule has 0 saturated heterocycles. The summed E-state index contributed by atoms with van der Waals surface area (Å²) in [5.74, 6) is 0. The van der Waals surface area contributed by atoms with Gasteiger partial charge in [0.15, 0.2) is 0 Å². The summed E-state index contributed by atoms with van der Waals surface area (Å²) < 4.78 is 2.49. The number of aryl methyl sites for hydroxylation is 6. The normalized spacial score (nSPS) is 21.7. The second-order valence-electron chi connectivity index (χ2n) is 25.8. The first-order valence-corrected chi connectivity index (χ1v) is 163. The van der Waals surface area contributed by atoms with Gasteiger partial charge in [0.2, 0.25) is 0 Å². The van der Waals surface area contributed by atoms with E-state index in [0.717, 1.165) is 11.4 Å². The minimum atomic E-state index is -0.447. The molecule has 9 aromatic rings. The molecule has 4 unspecified atom stereocenters. The number of hydrogen-bond acceptors (Lipinski definition) is 2. The van der Waals surface area contributed by atoms with Crippen molar-refractivity contribution in [2.45, 2.75) is 149 Å². The molecule has 2 fully saturated rings. The summed E-state index contributed by atoms with van der Waals surface area (Å²) >= 11 is 43.1. The first kappa shape index (κ1) is 87.3. The quantitative estimate of drug-likeness (QED) is 0.113. The minimum absolute atomic E-state index is 0.0635. The zero-order valence-corrected chi connectivity index (χ0v) is 103. The van der Waals surface area contributed by atoms with Crippen LogP contribution in [-0.2, 0) is 17.3 Å². The zero-order valence-electron chi connectivity index (χ0n) is 54.4. The SMILES string of the molecule is Cc1cc(Cl)cc(N2c3ccccc3C3(C)CCCCC23C)c1.Cc1cc(N2c3ccccc3C3(C)CCCCC23C)cc(-n2c3cc(C)ccc3c3ccc(C)cc32)c1.Cc1ccc2c(c1)Cc1cc(C)ccc1-2.II(I)I(I)I(I)I(I)I(I)I(I)I(I)I(I)I(I)I(I)I. The van der Waals surface area contributed by atoms with Gasteiger partial charge in [0.25, 0.3) is 0 Å². The number of benzene rings is 8. The van der Waals surface area contributed by atoms with Gasteiger partial charge in [0.1, 0.15) is 0 Å². The number of rotatable bonds is 12. The molecule has 0 N–H and O–H groups in total. The monoisotopic (exact) mass is 3800 g/mol. The fraction of sp³-hybridized carbons (Fsp3) is 0.324. The van der Waals surface area contributed by atoms with E-state index in [1.807, 2.05) is 6.07 Å². The van der Waals surface area contributed by atoms with Gasteiger partial charge >= 0.3 is 302 Å². The number of halogens is 23. The fourth-order valence-electron chi connectivity index (χ4n) is 15.3. The maximum absolute atomic E-state index is 6.38. The maximum atomic E-state index is 6.38. The van der Waals surface area contributed by atoms with E-state index < -0.39 is 78.9 Å². The van der Waals surface area contributed by atoms with Gasteiger partial charge in [-0.3, -0.25) is 0 Å². The predicted octanol–water partition coefficient (Wildman–Crippen LogP) is 39.2. The van der Waals surface area contributed by atoms with Crippen LogP contribution in [0.15, 0.2) is 158 Å². The Hall–Kier alpha value is 9.51. The van der Waals surface area contributed by atoms with Crippen molar-refractivity contribution in [1.29, 1.82) is 0 Å². The molecular formula is C71H74ClI22N3. The Bertz CT molecular complexity index is 4210. The molecule has 0 amide bonds. The molecular weight excluding hydrogens is 3720 g/mol. The predicted molar refractivity (Wildman–Crippen MR) is 629 cm³/mol. The Labute approximate surface area is 736 Å². The van der Waals surface area contributed by atoms with Gasteiger partial charge in [-0.15, -0.1) is 0 Å². The van der Waals surface area contributed by atoms with Crippen LogP contribution in [-0.4, -0.2) is 15.6 Å². The summed E-state index contributed by atoms with van der Waals surface area (Å²) in [6.45, 7) is 23.0. The van der Waals surface area contributed by atoms with Crippen LogP contribution >= 0.6 is 314 Å². The fourth-order valence-corrected chi connectivity index (χ4v) is 3370. The summed E-state index contributed by atoms with van der Waals surface area (Å²) in [5.41, 5.74) is 26.3. The van der Waals surface area contributed by atoms with Crippen LogP contribution < -0.4 is 9.80 Å². The number of anilines is 4. The van der Waals surface area contributed by atoms with Gasteiger partial charge in [-0.25, -0.2) is 0 Å². The average molecular weight is 3800 g/mol. The third-order valence-electron chi connectivity index (χ3n) is 19.9. The zero-order chi connectivity index (χ0) is 70.0. The second-order valence-corrected chi connectivity index (χ2v) is 514. The summed E-state index contributed by atoms with van der Waals surface area (Å²) in [4.78, 5) is 5.27. The van der Waals surface area contributed by atoms with E-state index in [-0.39, 0.29) is 21.9 Å². The van der Waals surface area contributed by atoms with Crippen LogP contribution in [0.25, 0.3) is 38.6 Å². The molecule has 26 heteroatoms. The van der Waals surface area contributed by atoms with Crippen molar-refractivity contribution in [3.63, 3.8) is 0 Å². The van der Waals surface area contributed by atoms with E-state index in [0.29, 0.717) is 0 Å².